The Labute approximate surface area is 80.3 Å². The molecule has 3 saturated heterocycles. The van der Waals surface area contributed by atoms with Crippen LogP contribution in [0.2, 0.25) is 0 Å². The van der Waals surface area contributed by atoms with Gasteiger partial charge < -0.3 is 4.90 Å². The van der Waals surface area contributed by atoms with Gasteiger partial charge in [-0.1, -0.05) is 0 Å². The lowest BCUT2D eigenvalue weighted by molar-refractivity contribution is -0.165. The summed E-state index contributed by atoms with van der Waals surface area (Å²) < 4.78 is 0. The van der Waals surface area contributed by atoms with E-state index in [-0.39, 0.29) is 11.1 Å². The summed E-state index contributed by atoms with van der Waals surface area (Å²) in [6.07, 6.45) is 3.15. The van der Waals surface area contributed by atoms with Crippen molar-refractivity contribution in [1.82, 2.24) is 4.90 Å². The first kappa shape index (κ1) is 9.04. The number of amides is 1. The van der Waals surface area contributed by atoms with Gasteiger partial charge in [0.25, 0.3) is 0 Å². The number of hydrogen-bond acceptors (Lipinski definition) is 1. The molecule has 0 unspecified atom stereocenters. The van der Waals surface area contributed by atoms with Gasteiger partial charge in [0.1, 0.15) is 0 Å². The van der Waals surface area contributed by atoms with Gasteiger partial charge in [0.05, 0.1) is 0 Å². The Morgan fingerprint density at radius 2 is 1.62 bits per heavy atom. The van der Waals surface area contributed by atoms with Crippen molar-refractivity contribution in [3.8, 4) is 0 Å². The van der Waals surface area contributed by atoms with Crippen LogP contribution in [0.25, 0.3) is 0 Å². The van der Waals surface area contributed by atoms with Crippen molar-refractivity contribution in [2.24, 2.45) is 5.92 Å². The van der Waals surface area contributed by atoms with Gasteiger partial charge in [-0.15, -0.1) is 0 Å². The average Bonchev–Trinajstić information content (AvgIpc) is 1.75. The molecule has 0 aliphatic carbocycles. The zero-order valence-electron chi connectivity index (χ0n) is 9.05. The van der Waals surface area contributed by atoms with E-state index in [9.17, 15) is 4.79 Å². The second-order valence-corrected chi connectivity index (χ2v) is 5.83. The van der Waals surface area contributed by atoms with Crippen molar-refractivity contribution in [3.05, 3.63) is 0 Å². The summed E-state index contributed by atoms with van der Waals surface area (Å²) in [5.74, 6) is 0.986. The molecule has 3 fully saturated rings. The van der Waals surface area contributed by atoms with Crippen molar-refractivity contribution in [3.63, 3.8) is 0 Å². The fourth-order valence-electron chi connectivity index (χ4n) is 3.64. The molecule has 0 saturated carbocycles. The highest BCUT2D eigenvalue weighted by atomic mass is 16.2. The summed E-state index contributed by atoms with van der Waals surface area (Å²) in [6.45, 7) is 8.77. The zero-order chi connectivity index (χ0) is 9.85. The molecule has 0 spiro atoms. The Kier molecular flexibility index (Phi) is 1.59. The van der Waals surface area contributed by atoms with Gasteiger partial charge in [0, 0.05) is 17.5 Å². The predicted octanol–water partition coefficient (Wildman–Crippen LogP) is 2.19. The quantitative estimate of drug-likeness (QED) is 0.561. The highest BCUT2D eigenvalue weighted by molar-refractivity contribution is 5.80. The number of carbonyl (C=O) groups excluding carboxylic acids is 1. The average molecular weight is 181 g/mol. The Bertz CT molecular complexity index is 237. The minimum atomic E-state index is 0.0851. The molecule has 2 bridgehead atoms. The van der Waals surface area contributed by atoms with Crippen LogP contribution in [0.4, 0.5) is 0 Å². The van der Waals surface area contributed by atoms with Crippen LogP contribution < -0.4 is 0 Å². The van der Waals surface area contributed by atoms with Gasteiger partial charge >= 0.3 is 0 Å². The van der Waals surface area contributed by atoms with E-state index < -0.39 is 0 Å². The van der Waals surface area contributed by atoms with Crippen LogP contribution in [-0.2, 0) is 4.79 Å². The van der Waals surface area contributed by atoms with Crippen LogP contribution >= 0.6 is 0 Å². The molecular formula is C11H19NO. The number of hydrogen-bond donors (Lipinski definition) is 0. The van der Waals surface area contributed by atoms with Crippen molar-refractivity contribution < 1.29 is 4.79 Å². The molecule has 74 valence electrons. The lowest BCUT2D eigenvalue weighted by Gasteiger charge is -2.59. The Morgan fingerprint density at radius 1 is 1.15 bits per heavy atom. The van der Waals surface area contributed by atoms with E-state index in [0.29, 0.717) is 11.8 Å². The van der Waals surface area contributed by atoms with Crippen molar-refractivity contribution in [2.75, 3.05) is 0 Å². The maximum absolute atomic E-state index is 11.8. The van der Waals surface area contributed by atoms with Crippen LogP contribution in [0.15, 0.2) is 0 Å². The Hall–Kier alpha value is -0.530. The first-order valence-corrected chi connectivity index (χ1v) is 5.16. The highest BCUT2D eigenvalue weighted by Gasteiger charge is 2.52. The molecule has 0 aromatic heterocycles. The minimum Gasteiger partial charge on any atom is -0.332 e. The first-order chi connectivity index (χ1) is 5.83. The summed E-state index contributed by atoms with van der Waals surface area (Å²) in [4.78, 5) is 13.9. The van der Waals surface area contributed by atoms with E-state index in [4.69, 9.17) is 0 Å². The molecule has 3 rings (SSSR count). The minimum absolute atomic E-state index is 0.0851. The molecule has 2 nitrogen and oxygen atoms in total. The molecule has 0 radical (unpaired) electrons. The van der Waals surface area contributed by atoms with E-state index in [1.54, 1.807) is 0 Å². The number of fused-ring (bicyclic) bond motifs is 3. The molecule has 0 aromatic rings. The van der Waals surface area contributed by atoms with Crippen LogP contribution in [0.1, 0.15) is 47.0 Å². The third-order valence-corrected chi connectivity index (χ3v) is 3.50. The first-order valence-electron chi connectivity index (χ1n) is 5.16. The van der Waals surface area contributed by atoms with Crippen LogP contribution in [0, 0.1) is 5.92 Å². The second-order valence-electron chi connectivity index (χ2n) is 5.83. The molecule has 1 amide bonds. The third kappa shape index (κ3) is 1.18. The third-order valence-electron chi connectivity index (χ3n) is 3.50. The fourth-order valence-corrected chi connectivity index (χ4v) is 3.64. The standard InChI is InChI=1S/C11H19NO/c1-10(2)6-8-5-9(13)12(10)11(3,4)7-8/h8H,5-7H2,1-4H3. The molecule has 3 aliphatic rings. The van der Waals surface area contributed by atoms with E-state index in [1.807, 2.05) is 0 Å². The molecule has 3 aliphatic heterocycles. The van der Waals surface area contributed by atoms with Crippen molar-refractivity contribution in [2.45, 2.75) is 58.0 Å². The number of rotatable bonds is 0. The van der Waals surface area contributed by atoms with Gasteiger partial charge in [-0.25, -0.2) is 0 Å². The smallest absolute Gasteiger partial charge is 0.223 e. The number of piperidine rings is 3. The lowest BCUT2D eigenvalue weighted by Crippen LogP contribution is -2.66. The van der Waals surface area contributed by atoms with E-state index in [0.717, 1.165) is 6.42 Å². The predicted molar refractivity (Wildman–Crippen MR) is 52.3 cm³/mol. The van der Waals surface area contributed by atoms with Crippen LogP contribution in [0.5, 0.6) is 0 Å². The number of nitrogens with zero attached hydrogens (tertiary/aromatic N) is 1. The fraction of sp³-hybridized carbons (Fsp3) is 0.909. The summed E-state index contributed by atoms with van der Waals surface area (Å²) in [5, 5.41) is 0. The van der Waals surface area contributed by atoms with Crippen LogP contribution in [-0.4, -0.2) is 21.9 Å². The van der Waals surface area contributed by atoms with E-state index in [2.05, 4.69) is 32.6 Å². The van der Waals surface area contributed by atoms with Crippen molar-refractivity contribution >= 4 is 5.91 Å². The highest BCUT2D eigenvalue weighted by Crippen LogP contribution is 2.47. The maximum atomic E-state index is 11.8. The van der Waals surface area contributed by atoms with Crippen LogP contribution in [0.3, 0.4) is 0 Å². The lowest BCUT2D eigenvalue weighted by atomic mass is 9.68. The number of carbonyl (C=O) groups is 1. The topological polar surface area (TPSA) is 20.3 Å². The van der Waals surface area contributed by atoms with Gasteiger partial charge in [0.2, 0.25) is 5.91 Å². The Balaban J connectivity index is 2.40. The molecule has 3 heterocycles. The maximum Gasteiger partial charge on any atom is 0.223 e. The summed E-state index contributed by atoms with van der Waals surface area (Å²) >= 11 is 0. The SMILES string of the molecule is CC1(C)CC2CC(=O)N1C(C)(C)C2. The van der Waals surface area contributed by atoms with E-state index in [1.165, 1.54) is 12.8 Å². The Morgan fingerprint density at radius 3 is 1.85 bits per heavy atom. The molecule has 13 heavy (non-hydrogen) atoms. The normalized spacial score (nSPS) is 31.1. The van der Waals surface area contributed by atoms with Gasteiger partial charge in [-0.05, 0) is 46.5 Å². The largest absolute Gasteiger partial charge is 0.332 e. The van der Waals surface area contributed by atoms with Gasteiger partial charge in [0.15, 0.2) is 0 Å². The summed E-state index contributed by atoms with van der Waals surface area (Å²) in [5.41, 5.74) is 0.170. The summed E-state index contributed by atoms with van der Waals surface area (Å²) in [6, 6.07) is 0. The molecular weight excluding hydrogens is 162 g/mol. The zero-order valence-corrected chi connectivity index (χ0v) is 9.05. The van der Waals surface area contributed by atoms with Gasteiger partial charge in [-0.2, -0.15) is 0 Å². The monoisotopic (exact) mass is 181 g/mol. The van der Waals surface area contributed by atoms with Crippen molar-refractivity contribution in [1.29, 1.82) is 0 Å². The van der Waals surface area contributed by atoms with Gasteiger partial charge in [-0.3, -0.25) is 4.79 Å². The molecule has 0 atom stereocenters. The van der Waals surface area contributed by atoms with E-state index >= 15 is 0 Å². The second kappa shape index (κ2) is 2.28. The summed E-state index contributed by atoms with van der Waals surface area (Å²) in [7, 11) is 0. The molecule has 0 aromatic carbocycles. The molecule has 0 N–H and O–H groups in total. The molecule has 2 heteroatoms.